The third kappa shape index (κ3) is 3.85. The number of hydrogen-bond acceptors (Lipinski definition) is 2. The highest BCUT2D eigenvalue weighted by Crippen LogP contribution is 2.38. The lowest BCUT2D eigenvalue weighted by molar-refractivity contribution is -0.144. The largest absolute Gasteiger partial charge is 0.481 e. The normalized spacial score (nSPS) is 14.8. The minimum absolute atomic E-state index is 0.151. The van der Waals surface area contributed by atoms with E-state index in [0.717, 1.165) is 10.4 Å². The predicted octanol–water partition coefficient (Wildman–Crippen LogP) is 3.67. The van der Waals surface area contributed by atoms with Crippen molar-refractivity contribution < 1.29 is 14.3 Å². The van der Waals surface area contributed by atoms with Gasteiger partial charge in [0, 0.05) is 0 Å². The average Bonchev–Trinajstić information content (AvgIpc) is 2.59. The first-order chi connectivity index (χ1) is 11.7. The maximum absolute atomic E-state index is 11.5. The number of carbonyl (C=O) groups is 1. The zero-order valence-electron chi connectivity index (χ0n) is 15.7. The lowest BCUT2D eigenvalue weighted by atomic mass is 10.1. The lowest BCUT2D eigenvalue weighted by Gasteiger charge is -2.45. The summed E-state index contributed by atoms with van der Waals surface area (Å²) in [5.74, 6) is -1.40. The molecule has 0 radical (unpaired) electrons. The van der Waals surface area contributed by atoms with Gasteiger partial charge in [0.25, 0.3) is 8.32 Å². The summed E-state index contributed by atoms with van der Waals surface area (Å²) >= 11 is 0. The van der Waals surface area contributed by atoms with Crippen LogP contribution < -0.4 is 10.4 Å². The van der Waals surface area contributed by atoms with Gasteiger partial charge in [0.15, 0.2) is 0 Å². The summed E-state index contributed by atoms with van der Waals surface area (Å²) in [6.07, 6.45) is -0.385. The molecular weight excluding hydrogens is 328 g/mol. The molecule has 25 heavy (non-hydrogen) atoms. The Labute approximate surface area is 151 Å². The van der Waals surface area contributed by atoms with Gasteiger partial charge in [-0.15, -0.1) is 0 Å². The molecule has 0 fully saturated rings. The van der Waals surface area contributed by atoms with Crippen molar-refractivity contribution in [1.82, 2.24) is 0 Å². The fourth-order valence-electron chi connectivity index (χ4n) is 3.27. The number of carboxylic acid groups (broad SMARTS) is 1. The van der Waals surface area contributed by atoms with Gasteiger partial charge >= 0.3 is 5.97 Å². The second-order valence-electron chi connectivity index (χ2n) is 7.61. The molecule has 0 saturated heterocycles. The summed E-state index contributed by atoms with van der Waals surface area (Å²) in [6, 6.07) is 20.6. The van der Waals surface area contributed by atoms with Crippen LogP contribution in [0.4, 0.5) is 0 Å². The Morgan fingerprint density at radius 3 is 1.64 bits per heavy atom. The van der Waals surface area contributed by atoms with Crippen LogP contribution in [0.2, 0.25) is 5.04 Å². The summed E-state index contributed by atoms with van der Waals surface area (Å²) in [6.45, 7) is 10.2. The van der Waals surface area contributed by atoms with Gasteiger partial charge in [0.1, 0.15) is 0 Å². The summed E-state index contributed by atoms with van der Waals surface area (Å²) in [5.41, 5.74) is 0. The highest BCUT2D eigenvalue weighted by atomic mass is 28.4. The van der Waals surface area contributed by atoms with Gasteiger partial charge in [-0.3, -0.25) is 4.79 Å². The standard InChI is InChI=1S/C21H28O3Si/c1-16(20(22)23)17(2)24-25(21(3,4)5,18-12-8-6-9-13-18)19-14-10-7-11-15-19/h6-17H,1-5H3,(H,22,23). The smallest absolute Gasteiger partial charge is 0.308 e. The highest BCUT2D eigenvalue weighted by molar-refractivity contribution is 6.99. The van der Waals surface area contributed by atoms with Gasteiger partial charge in [-0.2, -0.15) is 0 Å². The number of rotatable bonds is 6. The molecule has 0 aliphatic heterocycles. The molecule has 4 heteroatoms. The van der Waals surface area contributed by atoms with Gasteiger partial charge in [0.05, 0.1) is 12.0 Å². The van der Waals surface area contributed by atoms with Crippen LogP contribution in [-0.4, -0.2) is 25.5 Å². The Bertz CT molecular complexity index is 653. The van der Waals surface area contributed by atoms with E-state index in [4.69, 9.17) is 4.43 Å². The summed E-state index contributed by atoms with van der Waals surface area (Å²) < 4.78 is 6.76. The molecule has 2 aromatic carbocycles. The highest BCUT2D eigenvalue weighted by Gasteiger charge is 2.51. The van der Waals surface area contributed by atoms with Crippen molar-refractivity contribution in [2.45, 2.75) is 45.8 Å². The Hall–Kier alpha value is -1.91. The van der Waals surface area contributed by atoms with Crippen LogP contribution in [0.5, 0.6) is 0 Å². The lowest BCUT2D eigenvalue weighted by Crippen LogP contribution is -2.68. The minimum Gasteiger partial charge on any atom is -0.481 e. The van der Waals surface area contributed by atoms with Crippen LogP contribution >= 0.6 is 0 Å². The quantitative estimate of drug-likeness (QED) is 0.803. The first-order valence-electron chi connectivity index (χ1n) is 8.72. The Morgan fingerprint density at radius 2 is 1.32 bits per heavy atom. The molecule has 134 valence electrons. The molecule has 0 spiro atoms. The van der Waals surface area contributed by atoms with Gasteiger partial charge in [-0.05, 0) is 29.3 Å². The van der Waals surface area contributed by atoms with Gasteiger partial charge in [-0.1, -0.05) is 81.4 Å². The van der Waals surface area contributed by atoms with Crippen molar-refractivity contribution in [1.29, 1.82) is 0 Å². The molecule has 2 rings (SSSR count). The van der Waals surface area contributed by atoms with Crippen molar-refractivity contribution in [3.63, 3.8) is 0 Å². The maximum atomic E-state index is 11.5. The fraction of sp³-hybridized carbons (Fsp3) is 0.381. The number of aliphatic carboxylic acids is 1. The van der Waals surface area contributed by atoms with E-state index in [0.29, 0.717) is 0 Å². The van der Waals surface area contributed by atoms with Crippen molar-refractivity contribution in [3.05, 3.63) is 60.7 Å². The van der Waals surface area contributed by atoms with Gasteiger partial charge in [-0.25, -0.2) is 0 Å². The van der Waals surface area contributed by atoms with E-state index in [-0.39, 0.29) is 11.1 Å². The summed E-state index contributed by atoms with van der Waals surface area (Å²) in [5, 5.41) is 11.6. The van der Waals surface area contributed by atoms with E-state index < -0.39 is 20.2 Å². The van der Waals surface area contributed by atoms with E-state index in [9.17, 15) is 9.90 Å². The van der Waals surface area contributed by atoms with Gasteiger partial charge < -0.3 is 9.53 Å². The van der Waals surface area contributed by atoms with Gasteiger partial charge in [0.2, 0.25) is 0 Å². The molecular formula is C21H28O3Si. The topological polar surface area (TPSA) is 46.5 Å². The molecule has 0 aromatic heterocycles. The molecule has 0 bridgehead atoms. The Morgan fingerprint density at radius 1 is 0.920 bits per heavy atom. The predicted molar refractivity (Wildman–Crippen MR) is 105 cm³/mol. The number of carboxylic acids is 1. The van der Waals surface area contributed by atoms with Crippen LogP contribution in [0.15, 0.2) is 60.7 Å². The molecule has 2 atom stereocenters. The molecule has 0 aliphatic rings. The van der Waals surface area contributed by atoms with Crippen LogP contribution in [0.1, 0.15) is 34.6 Å². The third-order valence-electron chi connectivity index (χ3n) is 4.87. The van der Waals surface area contributed by atoms with E-state index in [1.165, 1.54) is 0 Å². The van der Waals surface area contributed by atoms with Crippen LogP contribution in [0.25, 0.3) is 0 Å². The number of benzene rings is 2. The van der Waals surface area contributed by atoms with Crippen molar-refractivity contribution in [2.75, 3.05) is 0 Å². The molecule has 0 aliphatic carbocycles. The van der Waals surface area contributed by atoms with Crippen molar-refractivity contribution in [2.24, 2.45) is 5.92 Å². The van der Waals surface area contributed by atoms with Crippen LogP contribution in [-0.2, 0) is 9.22 Å². The summed E-state index contributed by atoms with van der Waals surface area (Å²) in [4.78, 5) is 11.5. The SMILES string of the molecule is CC(O[Si](c1ccccc1)(c1ccccc1)C(C)(C)C)C(C)C(=O)O. The average molecular weight is 357 g/mol. The van der Waals surface area contributed by atoms with E-state index >= 15 is 0 Å². The van der Waals surface area contributed by atoms with Crippen LogP contribution in [0.3, 0.4) is 0 Å². The van der Waals surface area contributed by atoms with E-state index in [1.54, 1.807) is 6.92 Å². The molecule has 0 saturated carbocycles. The molecule has 3 nitrogen and oxygen atoms in total. The van der Waals surface area contributed by atoms with Crippen molar-refractivity contribution in [3.8, 4) is 0 Å². The molecule has 0 heterocycles. The zero-order valence-corrected chi connectivity index (χ0v) is 16.7. The van der Waals surface area contributed by atoms with E-state index in [2.05, 4.69) is 45.0 Å². The zero-order chi connectivity index (χ0) is 18.7. The maximum Gasteiger partial charge on any atom is 0.308 e. The Kier molecular flexibility index (Phi) is 5.86. The molecule has 2 aromatic rings. The van der Waals surface area contributed by atoms with Crippen LogP contribution in [0, 0.1) is 5.92 Å². The number of hydrogen-bond donors (Lipinski definition) is 1. The van der Waals surface area contributed by atoms with E-state index in [1.807, 2.05) is 43.3 Å². The first-order valence-corrected chi connectivity index (χ1v) is 10.6. The molecule has 1 N–H and O–H groups in total. The monoisotopic (exact) mass is 356 g/mol. The van der Waals surface area contributed by atoms with Crippen molar-refractivity contribution >= 4 is 24.7 Å². The summed E-state index contributed by atoms with van der Waals surface area (Å²) in [7, 11) is -2.68. The minimum atomic E-state index is -2.68. The Balaban J connectivity index is 2.67. The fourth-order valence-corrected chi connectivity index (χ4v) is 8.05. The third-order valence-corrected chi connectivity index (χ3v) is 10.0. The first kappa shape index (κ1) is 19.4. The molecule has 0 amide bonds. The molecule has 2 unspecified atom stereocenters. The second-order valence-corrected chi connectivity index (χ2v) is 11.9. The second kappa shape index (κ2) is 7.54.